The number of thiocarbonyl (C=S) groups is 1. The van der Waals surface area contributed by atoms with Crippen LogP contribution in [0.4, 0.5) is 5.69 Å². The summed E-state index contributed by atoms with van der Waals surface area (Å²) in [6, 6.07) is 12.7. The van der Waals surface area contributed by atoms with Crippen LogP contribution in [0, 0.1) is 0 Å². The lowest BCUT2D eigenvalue weighted by Crippen LogP contribution is -2.37. The third kappa shape index (κ3) is 5.49. The van der Waals surface area contributed by atoms with Crippen molar-refractivity contribution in [3.63, 3.8) is 0 Å². The minimum atomic E-state index is -0.239. The van der Waals surface area contributed by atoms with Gasteiger partial charge in [0, 0.05) is 29.2 Å². The van der Waals surface area contributed by atoms with Crippen LogP contribution in [0.25, 0.3) is 10.9 Å². The van der Waals surface area contributed by atoms with Gasteiger partial charge in [-0.15, -0.1) is 0 Å². The quantitative estimate of drug-likeness (QED) is 0.422. The topological polar surface area (TPSA) is 96.1 Å². The first kappa shape index (κ1) is 23.4. The summed E-state index contributed by atoms with van der Waals surface area (Å²) in [5.41, 5.74) is 1.69. The highest BCUT2D eigenvalue weighted by atomic mass is 32.1. The van der Waals surface area contributed by atoms with E-state index < -0.39 is 0 Å². The summed E-state index contributed by atoms with van der Waals surface area (Å²) in [5, 5.41) is 13.9. The van der Waals surface area contributed by atoms with Gasteiger partial charge >= 0.3 is 0 Å². The van der Waals surface area contributed by atoms with Crippen molar-refractivity contribution in [3.8, 4) is 17.2 Å². The van der Waals surface area contributed by atoms with Crippen molar-refractivity contribution in [2.24, 2.45) is 0 Å². The number of fused-ring (bicyclic) bond motifs is 1. The van der Waals surface area contributed by atoms with Crippen molar-refractivity contribution in [1.82, 2.24) is 9.88 Å². The Kier molecular flexibility index (Phi) is 7.91. The molecule has 0 aliphatic carbocycles. The predicted molar refractivity (Wildman–Crippen MR) is 129 cm³/mol. The predicted octanol–water partition coefficient (Wildman–Crippen LogP) is 3.14. The zero-order valence-electron chi connectivity index (χ0n) is 18.3. The molecule has 9 heteroatoms. The number of aromatic amines is 1. The minimum Gasteiger partial charge on any atom is -0.494 e. The highest BCUT2D eigenvalue weighted by Gasteiger charge is 2.15. The number of aliphatic hydroxyl groups excluding tert-OH is 1. The van der Waals surface area contributed by atoms with Crippen LogP contribution in [0.2, 0.25) is 0 Å². The maximum Gasteiger partial charge on any atom is 0.253 e. The van der Waals surface area contributed by atoms with Crippen LogP contribution in [0.5, 0.6) is 17.2 Å². The number of methoxy groups -OCH3 is 2. The second-order valence-corrected chi connectivity index (χ2v) is 7.34. The van der Waals surface area contributed by atoms with Gasteiger partial charge in [0.05, 0.1) is 39.5 Å². The van der Waals surface area contributed by atoms with Crippen LogP contribution >= 0.6 is 12.2 Å². The van der Waals surface area contributed by atoms with E-state index in [9.17, 15) is 9.90 Å². The zero-order valence-corrected chi connectivity index (χ0v) is 19.1. The average molecular weight is 458 g/mol. The lowest BCUT2D eigenvalue weighted by molar-refractivity contribution is 0.248. The molecule has 3 N–H and O–H groups in total. The van der Waals surface area contributed by atoms with Gasteiger partial charge in [0.2, 0.25) is 0 Å². The van der Waals surface area contributed by atoms with Crippen molar-refractivity contribution in [2.75, 3.05) is 39.3 Å². The van der Waals surface area contributed by atoms with Crippen LogP contribution in [0.15, 0.2) is 47.3 Å². The Labute approximate surface area is 191 Å². The molecule has 3 rings (SSSR count). The zero-order chi connectivity index (χ0) is 23.1. The molecule has 0 saturated carbocycles. The van der Waals surface area contributed by atoms with Gasteiger partial charge in [-0.25, -0.2) is 0 Å². The molecule has 170 valence electrons. The molecule has 0 unspecified atom stereocenters. The number of pyridine rings is 1. The van der Waals surface area contributed by atoms with Crippen LogP contribution < -0.4 is 25.1 Å². The summed E-state index contributed by atoms with van der Waals surface area (Å²) in [4.78, 5) is 17.3. The van der Waals surface area contributed by atoms with E-state index in [4.69, 9.17) is 26.4 Å². The summed E-state index contributed by atoms with van der Waals surface area (Å²) in [7, 11) is 3.10. The molecular formula is C23H27N3O5S. The summed E-state index contributed by atoms with van der Waals surface area (Å²) < 4.78 is 16.1. The Hall–Kier alpha value is -3.30. The Morgan fingerprint density at radius 3 is 2.44 bits per heavy atom. The Balaban J connectivity index is 1.83. The van der Waals surface area contributed by atoms with Crippen molar-refractivity contribution >= 4 is 33.9 Å². The maximum absolute atomic E-state index is 12.7. The minimum absolute atomic E-state index is 0.110. The number of rotatable bonds is 9. The summed E-state index contributed by atoms with van der Waals surface area (Å²) >= 11 is 5.54. The van der Waals surface area contributed by atoms with Crippen molar-refractivity contribution in [3.05, 3.63) is 58.4 Å². The van der Waals surface area contributed by atoms with E-state index in [1.54, 1.807) is 37.3 Å². The molecule has 1 heterocycles. The maximum atomic E-state index is 12.7. The number of aromatic nitrogens is 1. The van der Waals surface area contributed by atoms with E-state index >= 15 is 0 Å². The molecule has 0 fully saturated rings. The highest BCUT2D eigenvalue weighted by molar-refractivity contribution is 7.80. The third-order valence-corrected chi connectivity index (χ3v) is 5.22. The van der Waals surface area contributed by atoms with E-state index in [1.165, 1.54) is 0 Å². The number of ether oxygens (including phenoxy) is 3. The van der Waals surface area contributed by atoms with Crippen molar-refractivity contribution < 1.29 is 19.3 Å². The number of nitrogens with one attached hydrogen (secondary N) is 2. The molecule has 0 amide bonds. The molecular weight excluding hydrogens is 430 g/mol. The lowest BCUT2D eigenvalue weighted by atomic mass is 10.1. The molecule has 0 radical (unpaired) electrons. The van der Waals surface area contributed by atoms with Gasteiger partial charge in [0.1, 0.15) is 5.75 Å². The Morgan fingerprint density at radius 2 is 1.81 bits per heavy atom. The van der Waals surface area contributed by atoms with Gasteiger partial charge in [-0.1, -0.05) is 0 Å². The first-order valence-electron chi connectivity index (χ1n) is 10.2. The molecule has 0 bridgehead atoms. The molecule has 0 aliphatic rings. The molecule has 0 atom stereocenters. The SMILES string of the molecule is CCOc1ccc(NC(=S)N(CCO)Cc2cc3cc(OC)c(OC)cc3[nH]c2=O)cc1. The van der Waals surface area contributed by atoms with E-state index in [1.807, 2.05) is 31.2 Å². The van der Waals surface area contributed by atoms with E-state index in [0.717, 1.165) is 16.8 Å². The van der Waals surface area contributed by atoms with Crippen molar-refractivity contribution in [2.45, 2.75) is 13.5 Å². The van der Waals surface area contributed by atoms with Gasteiger partial charge < -0.3 is 34.5 Å². The largest absolute Gasteiger partial charge is 0.494 e. The first-order valence-corrected chi connectivity index (χ1v) is 10.6. The van der Waals surface area contributed by atoms with Crippen LogP contribution in [-0.4, -0.2) is 54.1 Å². The van der Waals surface area contributed by atoms with Crippen molar-refractivity contribution in [1.29, 1.82) is 0 Å². The standard InChI is InChI=1S/C23H27N3O5S/c1-4-31-18-7-5-17(6-8-18)24-23(32)26(9-10-27)14-16-11-15-12-20(29-2)21(30-3)13-19(15)25-22(16)28/h5-8,11-13,27H,4,9-10,14H2,1-3H3,(H,24,32)(H,25,28). The second-order valence-electron chi connectivity index (χ2n) is 6.95. The fraction of sp³-hybridized carbons (Fsp3) is 0.304. The van der Waals surface area contributed by atoms with Gasteiger partial charge in [0.15, 0.2) is 16.6 Å². The van der Waals surface area contributed by atoms with E-state index in [-0.39, 0.29) is 25.3 Å². The van der Waals surface area contributed by atoms with Crippen LogP contribution in [0.1, 0.15) is 12.5 Å². The van der Waals surface area contributed by atoms with Gasteiger partial charge in [-0.2, -0.15) is 0 Å². The number of aliphatic hydroxyl groups is 1. The number of hydrogen-bond acceptors (Lipinski definition) is 6. The smallest absolute Gasteiger partial charge is 0.253 e. The number of nitrogens with zero attached hydrogens (tertiary/aromatic N) is 1. The molecule has 1 aromatic heterocycles. The molecule has 3 aromatic rings. The lowest BCUT2D eigenvalue weighted by Gasteiger charge is -2.25. The molecule has 2 aromatic carbocycles. The van der Waals surface area contributed by atoms with E-state index in [0.29, 0.717) is 34.3 Å². The first-order chi connectivity index (χ1) is 15.5. The molecule has 32 heavy (non-hydrogen) atoms. The monoisotopic (exact) mass is 457 g/mol. The molecule has 8 nitrogen and oxygen atoms in total. The highest BCUT2D eigenvalue weighted by Crippen LogP contribution is 2.31. The number of H-pyrrole nitrogens is 1. The average Bonchev–Trinajstić information content (AvgIpc) is 2.79. The Morgan fingerprint density at radius 1 is 1.12 bits per heavy atom. The fourth-order valence-corrected chi connectivity index (χ4v) is 3.55. The molecule has 0 aliphatic heterocycles. The number of anilines is 1. The van der Waals surface area contributed by atoms with Crippen LogP contribution in [-0.2, 0) is 6.54 Å². The molecule has 0 spiro atoms. The second kappa shape index (κ2) is 10.8. The number of benzene rings is 2. The number of hydrogen-bond donors (Lipinski definition) is 3. The summed E-state index contributed by atoms with van der Waals surface area (Å²) in [5.74, 6) is 1.87. The van der Waals surface area contributed by atoms with Crippen LogP contribution in [0.3, 0.4) is 0 Å². The summed E-state index contributed by atoms with van der Waals surface area (Å²) in [6.45, 7) is 2.90. The Bertz CT molecular complexity index is 1130. The van der Waals surface area contributed by atoms with Gasteiger partial charge in [-0.3, -0.25) is 4.79 Å². The van der Waals surface area contributed by atoms with Gasteiger partial charge in [0.25, 0.3) is 5.56 Å². The normalized spacial score (nSPS) is 10.6. The summed E-state index contributed by atoms with van der Waals surface area (Å²) in [6.07, 6.45) is 0. The van der Waals surface area contributed by atoms with E-state index in [2.05, 4.69) is 10.3 Å². The van der Waals surface area contributed by atoms with Gasteiger partial charge in [-0.05, 0) is 55.5 Å². The fourth-order valence-electron chi connectivity index (χ4n) is 3.28. The third-order valence-electron chi connectivity index (χ3n) is 4.86. The molecule has 0 saturated heterocycles.